The average Bonchev–Trinajstić information content (AvgIpc) is 1.81. The van der Waals surface area contributed by atoms with Gasteiger partial charge in [0, 0.05) is 19.5 Å². The molecule has 1 unspecified atom stereocenters. The normalized spacial score (nSPS) is 13.7. The smallest absolute Gasteiger partial charge is 0.394 e. The van der Waals surface area contributed by atoms with Gasteiger partial charge in [-0.25, -0.2) is 4.18 Å². The third-order valence-corrected chi connectivity index (χ3v) is 1.05. The van der Waals surface area contributed by atoms with Crippen molar-refractivity contribution in [3.05, 3.63) is 0 Å². The van der Waals surface area contributed by atoms with Gasteiger partial charge in [-0.05, 0) is 0 Å². The zero-order chi connectivity index (χ0) is 8.20. The Bertz CT molecular complexity index is 176. The molecule has 0 aromatic heterocycles. The fraction of sp³-hybridized carbons (Fsp3) is 1.00. The number of aliphatic hydroxyl groups excluding tert-OH is 2. The molecule has 0 aliphatic carbocycles. The summed E-state index contributed by atoms with van der Waals surface area (Å²) >= 11 is 0. The van der Waals surface area contributed by atoms with Crippen LogP contribution in [0.2, 0.25) is 0 Å². The molecule has 0 saturated heterocycles. The molecule has 0 aromatic carbocycles. The molecule has 0 saturated carbocycles. The van der Waals surface area contributed by atoms with Gasteiger partial charge in [-0.3, -0.25) is 4.55 Å². The van der Waals surface area contributed by atoms with E-state index in [1.807, 2.05) is 0 Å². The zero-order valence-electron chi connectivity index (χ0n) is 5.67. The maximum absolute atomic E-state index is 9.79. The Labute approximate surface area is 76.9 Å². The SMILES string of the molecule is O=S(=O)(O)OCC(O)CO.[Zn]. The van der Waals surface area contributed by atoms with Crippen molar-refractivity contribution in [3.63, 3.8) is 0 Å². The molecule has 0 heterocycles. The van der Waals surface area contributed by atoms with Crippen molar-refractivity contribution in [2.75, 3.05) is 13.2 Å². The van der Waals surface area contributed by atoms with Crippen LogP contribution in [0.1, 0.15) is 0 Å². The van der Waals surface area contributed by atoms with Crippen LogP contribution in [0.25, 0.3) is 0 Å². The average molecular weight is 238 g/mol. The molecule has 8 heteroatoms. The second-order valence-corrected chi connectivity index (χ2v) is 2.64. The first-order chi connectivity index (χ1) is 4.45. The fourth-order valence-electron chi connectivity index (χ4n) is 0.217. The summed E-state index contributed by atoms with van der Waals surface area (Å²) in [5, 5.41) is 16.6. The zero-order valence-corrected chi connectivity index (χ0v) is 9.46. The van der Waals surface area contributed by atoms with Crippen molar-refractivity contribution in [3.8, 4) is 0 Å². The summed E-state index contributed by atoms with van der Waals surface area (Å²) in [5.74, 6) is 0. The maximum atomic E-state index is 9.79. The Hall–Kier alpha value is 0.413. The van der Waals surface area contributed by atoms with Crippen LogP contribution >= 0.6 is 0 Å². The van der Waals surface area contributed by atoms with Crippen LogP contribution in [-0.2, 0) is 34.1 Å². The molecule has 64 valence electrons. The quantitative estimate of drug-likeness (QED) is 0.392. The van der Waals surface area contributed by atoms with Crippen LogP contribution in [-0.4, -0.2) is 42.5 Å². The predicted molar refractivity (Wildman–Crippen MR) is 30.6 cm³/mol. The van der Waals surface area contributed by atoms with Crippen molar-refractivity contribution in [2.24, 2.45) is 0 Å². The Morgan fingerprint density at radius 1 is 1.45 bits per heavy atom. The van der Waals surface area contributed by atoms with E-state index in [0.29, 0.717) is 0 Å². The Morgan fingerprint density at radius 3 is 2.18 bits per heavy atom. The summed E-state index contributed by atoms with van der Waals surface area (Å²) in [7, 11) is -4.50. The minimum absolute atomic E-state index is 0. The summed E-state index contributed by atoms with van der Waals surface area (Å²) in [6, 6.07) is 0. The van der Waals surface area contributed by atoms with E-state index >= 15 is 0 Å². The first-order valence-electron chi connectivity index (χ1n) is 2.36. The van der Waals surface area contributed by atoms with Crippen molar-refractivity contribution in [1.29, 1.82) is 0 Å². The van der Waals surface area contributed by atoms with E-state index in [2.05, 4.69) is 4.18 Å². The van der Waals surface area contributed by atoms with Crippen LogP contribution in [0.4, 0.5) is 0 Å². The Morgan fingerprint density at radius 2 is 1.91 bits per heavy atom. The molecule has 0 aromatic rings. The number of aliphatic hydroxyl groups is 2. The van der Waals surface area contributed by atoms with Gasteiger partial charge in [-0.2, -0.15) is 8.42 Å². The van der Waals surface area contributed by atoms with E-state index in [0.717, 1.165) is 0 Å². The second-order valence-electron chi connectivity index (χ2n) is 1.55. The van der Waals surface area contributed by atoms with E-state index in [-0.39, 0.29) is 19.5 Å². The standard InChI is InChI=1S/C3H8O6S.Zn/c4-1-3(5)2-9-10(6,7)8;/h3-5H,1-2H2,(H,6,7,8);. The molecule has 6 nitrogen and oxygen atoms in total. The molecule has 0 aliphatic rings. The van der Waals surface area contributed by atoms with E-state index in [1.165, 1.54) is 0 Å². The molecule has 11 heavy (non-hydrogen) atoms. The third kappa shape index (κ3) is 10.4. The molecule has 0 amide bonds. The van der Waals surface area contributed by atoms with Crippen molar-refractivity contribution < 1.29 is 46.8 Å². The fourth-order valence-corrected chi connectivity index (χ4v) is 0.546. The van der Waals surface area contributed by atoms with E-state index in [9.17, 15) is 8.42 Å². The van der Waals surface area contributed by atoms with Gasteiger partial charge >= 0.3 is 10.4 Å². The van der Waals surface area contributed by atoms with Crippen molar-refractivity contribution in [2.45, 2.75) is 6.10 Å². The molecule has 0 spiro atoms. The van der Waals surface area contributed by atoms with Crippen LogP contribution in [0.3, 0.4) is 0 Å². The molecular formula is C3H8O6SZn. The molecule has 0 bridgehead atoms. The van der Waals surface area contributed by atoms with Crippen LogP contribution in [0.15, 0.2) is 0 Å². The molecule has 3 N–H and O–H groups in total. The first-order valence-corrected chi connectivity index (χ1v) is 3.73. The van der Waals surface area contributed by atoms with E-state index in [1.54, 1.807) is 0 Å². The summed E-state index contributed by atoms with van der Waals surface area (Å²) in [6.45, 7) is -1.26. The van der Waals surface area contributed by atoms with Gasteiger partial charge in [-0.15, -0.1) is 0 Å². The molecule has 0 fully saturated rings. The van der Waals surface area contributed by atoms with Crippen LogP contribution in [0, 0.1) is 0 Å². The predicted octanol–water partition coefficient (Wildman–Crippen LogP) is -1.84. The van der Waals surface area contributed by atoms with Gasteiger partial charge < -0.3 is 10.2 Å². The van der Waals surface area contributed by atoms with Gasteiger partial charge in [0.25, 0.3) is 0 Å². The molecule has 0 aliphatic heterocycles. The topological polar surface area (TPSA) is 104 Å². The summed E-state index contributed by atoms with van der Waals surface area (Å²) in [6.07, 6.45) is -1.29. The van der Waals surface area contributed by atoms with Gasteiger partial charge in [0.05, 0.1) is 13.2 Å². The van der Waals surface area contributed by atoms with Crippen molar-refractivity contribution >= 4 is 10.4 Å². The van der Waals surface area contributed by atoms with Crippen LogP contribution in [0.5, 0.6) is 0 Å². The van der Waals surface area contributed by atoms with Crippen molar-refractivity contribution in [1.82, 2.24) is 0 Å². The summed E-state index contributed by atoms with van der Waals surface area (Å²) in [5.41, 5.74) is 0. The Kier molecular flexibility index (Phi) is 7.60. The van der Waals surface area contributed by atoms with E-state index in [4.69, 9.17) is 14.8 Å². The third-order valence-electron chi connectivity index (χ3n) is 0.620. The summed E-state index contributed by atoms with van der Waals surface area (Å²) in [4.78, 5) is 0. The number of rotatable bonds is 4. The van der Waals surface area contributed by atoms with E-state index < -0.39 is 29.7 Å². The molecular weight excluding hydrogens is 229 g/mol. The molecule has 0 radical (unpaired) electrons. The minimum Gasteiger partial charge on any atom is -0.394 e. The second kappa shape index (κ2) is 5.99. The largest absolute Gasteiger partial charge is 0.397 e. The number of hydrogen-bond acceptors (Lipinski definition) is 5. The summed E-state index contributed by atoms with van der Waals surface area (Å²) < 4.78 is 31.2. The monoisotopic (exact) mass is 236 g/mol. The van der Waals surface area contributed by atoms with Gasteiger partial charge in [0.1, 0.15) is 6.10 Å². The van der Waals surface area contributed by atoms with Gasteiger partial charge in [0.2, 0.25) is 0 Å². The van der Waals surface area contributed by atoms with Gasteiger partial charge in [0.15, 0.2) is 0 Å². The first kappa shape index (κ1) is 14.0. The Balaban J connectivity index is 0. The van der Waals surface area contributed by atoms with Gasteiger partial charge in [-0.1, -0.05) is 0 Å². The maximum Gasteiger partial charge on any atom is 0.397 e. The minimum atomic E-state index is -4.50. The molecule has 1 atom stereocenters. The van der Waals surface area contributed by atoms with Crippen LogP contribution < -0.4 is 0 Å². The molecule has 0 rings (SSSR count). The number of hydrogen-bond donors (Lipinski definition) is 3.